The minimum absolute atomic E-state index is 0.0166. The summed E-state index contributed by atoms with van der Waals surface area (Å²) in [6.45, 7) is 11.6. The number of benzene rings is 7. The molecule has 3 amide bonds. The van der Waals surface area contributed by atoms with Gasteiger partial charge in [0.25, 0.3) is 0 Å². The van der Waals surface area contributed by atoms with E-state index in [0.29, 0.717) is 52.8 Å². The van der Waals surface area contributed by atoms with Crippen molar-refractivity contribution in [3.05, 3.63) is 232 Å². The second-order valence-corrected chi connectivity index (χ2v) is 31.4. The standard InChI is InChI=1S/C35H42Cl2N5O6PS.C22H22NO5P.C15H20F3N2O5P/c1-5-46-34(43)24(4)41-49(45,48-29-9-7-6-8-10-29)16-15-39-20-25-11-13-26(14-12-25)21-42-31(22-47-35(38)44)40-32(23(2)3)33(42)50-30-18-27(36)17-28(37)19-30;24-22(26-18-19-10-4-1-5-11-19)23-16-17-29(25,27-20-12-6-2-7-13-20)28-21-14-8-3-9-15-21;1-3-24-13(21)11(2)20-26(23,25-12-7-5-4-6-8-12)10-9-19-14(22)15(16,17)18/h6-14,17-19,23-24,39H,5,15-16,20-22H2,1-4H3,(H2,38,44)(H,41,45);1-15H,16-18H2,(H,23,24);4-8,11H,3,9-10H2,1-2H3,(H,19,22)(H,20,23)/t24-,49?;;11-,26?/m0.0/s1. The highest BCUT2D eigenvalue weighted by Crippen LogP contribution is 2.49. The zero-order chi connectivity index (χ0) is 76.4. The summed E-state index contributed by atoms with van der Waals surface area (Å²) in [5.41, 5.74) is 9.02. The molecule has 7 N–H and O–H groups in total. The smallest absolute Gasteiger partial charge is 0.465 e. The van der Waals surface area contributed by atoms with Crippen molar-refractivity contribution in [1.82, 2.24) is 35.7 Å². The van der Waals surface area contributed by atoms with Crippen LogP contribution in [-0.2, 0) is 73.3 Å². The quantitative estimate of drug-likeness (QED) is 0.00920. The number of hydrogen-bond acceptors (Lipinski definition) is 19. The lowest BCUT2D eigenvalue weighted by molar-refractivity contribution is -0.173. The summed E-state index contributed by atoms with van der Waals surface area (Å²) in [4.78, 5) is 63.9. The maximum atomic E-state index is 13.8. The van der Waals surface area contributed by atoms with E-state index < -0.39 is 83.6 Å². The summed E-state index contributed by atoms with van der Waals surface area (Å²) in [7, 11) is -10.9. The number of aromatic nitrogens is 2. The van der Waals surface area contributed by atoms with Crippen LogP contribution in [0.5, 0.6) is 23.0 Å². The normalized spacial score (nSPS) is 12.9. The Morgan fingerprint density at radius 2 is 0.981 bits per heavy atom. The lowest BCUT2D eigenvalue weighted by Gasteiger charge is -2.23. The molecule has 0 aliphatic rings. The first-order valence-electron chi connectivity index (χ1n) is 32.9. The first-order chi connectivity index (χ1) is 50.1. The van der Waals surface area contributed by atoms with Crippen LogP contribution in [0.25, 0.3) is 0 Å². The minimum Gasteiger partial charge on any atom is -0.465 e. The van der Waals surface area contributed by atoms with Crippen LogP contribution in [0.3, 0.4) is 0 Å². The Balaban J connectivity index is 0.000000267. The molecule has 0 aliphatic heterocycles. The van der Waals surface area contributed by atoms with Gasteiger partial charge in [-0.25, -0.2) is 29.3 Å². The molecule has 7 aromatic carbocycles. The molecule has 1 heterocycles. The van der Waals surface area contributed by atoms with Crippen LogP contribution in [0.2, 0.25) is 10.0 Å². The Labute approximate surface area is 622 Å². The maximum absolute atomic E-state index is 13.8. The Hall–Kier alpha value is -8.81. The number of carbonyl (C=O) groups is 5. The van der Waals surface area contributed by atoms with Gasteiger partial charge in [-0.1, -0.05) is 176 Å². The lowest BCUT2D eigenvalue weighted by Crippen LogP contribution is -2.40. The van der Waals surface area contributed by atoms with Gasteiger partial charge in [-0.2, -0.15) is 13.2 Å². The number of imidazole rings is 1. The summed E-state index contributed by atoms with van der Waals surface area (Å²) in [6, 6.07) is 55.2. The Bertz CT molecular complexity index is 4130. The van der Waals surface area contributed by atoms with E-state index in [0.717, 1.165) is 32.3 Å². The van der Waals surface area contributed by atoms with Crippen molar-refractivity contribution in [2.75, 3.05) is 51.3 Å². The number of nitrogens with two attached hydrogens (primary N) is 1. The topological polar surface area (TPSA) is 314 Å². The molecule has 0 saturated carbocycles. The van der Waals surface area contributed by atoms with Crippen LogP contribution in [-0.4, -0.2) is 109 Å². The van der Waals surface area contributed by atoms with Gasteiger partial charge in [-0.3, -0.25) is 23.5 Å². The van der Waals surface area contributed by atoms with Crippen LogP contribution >= 0.6 is 57.6 Å². The van der Waals surface area contributed by atoms with Gasteiger partial charge in [0, 0.05) is 47.7 Å². The number of carbonyl (C=O) groups excluding carboxylic acids is 5. The summed E-state index contributed by atoms with van der Waals surface area (Å²) in [5.74, 6) is -1.21. The van der Waals surface area contributed by atoms with Gasteiger partial charge in [0.1, 0.15) is 52.5 Å². The molecular formula is C72H84Cl2F3N8O16P3S. The SMILES string of the molecule is CCOC(=O)[C@H](C)NP(=O)(CCNC(=O)C(F)(F)F)Oc1ccccc1.CCOC(=O)[C@H](C)NP(=O)(CCNCc1ccc(Cn2c(COC(N)=O)nc(C(C)C)c2Sc2cc(Cl)cc(Cl)c2)cc1)Oc1ccccc1.O=C(NCCP(=O)(Oc1ccccc1)Oc1ccccc1)OCc1ccccc1. The van der Waals surface area contributed by atoms with Gasteiger partial charge in [0.15, 0.2) is 6.61 Å². The molecule has 24 nitrogen and oxygen atoms in total. The van der Waals surface area contributed by atoms with Crippen LogP contribution in [0.4, 0.5) is 22.8 Å². The van der Waals surface area contributed by atoms with Crippen LogP contribution in [0.1, 0.15) is 75.7 Å². The molecule has 0 fully saturated rings. The number of esters is 2. The number of nitrogens with zero attached hydrogens (tertiary/aromatic N) is 2. The molecule has 0 saturated heterocycles. The Morgan fingerprint density at radius 3 is 1.43 bits per heavy atom. The molecule has 4 atom stereocenters. The molecule has 2 unspecified atom stereocenters. The number of para-hydroxylation sites is 4. The number of rotatable bonds is 36. The minimum atomic E-state index is -5.05. The number of alkyl carbamates (subject to hydrolysis) is 1. The molecule has 8 aromatic rings. The molecule has 8 rings (SSSR count). The van der Waals surface area contributed by atoms with E-state index in [1.54, 1.807) is 123 Å². The van der Waals surface area contributed by atoms with E-state index in [9.17, 15) is 50.8 Å². The van der Waals surface area contributed by atoms with Crippen LogP contribution < -0.4 is 50.0 Å². The average Bonchev–Trinajstić information content (AvgIpc) is 1.65. The van der Waals surface area contributed by atoms with E-state index in [-0.39, 0.29) is 57.0 Å². The van der Waals surface area contributed by atoms with E-state index >= 15 is 0 Å². The third-order valence-electron chi connectivity index (χ3n) is 14.1. The highest BCUT2D eigenvalue weighted by Gasteiger charge is 2.39. The number of nitrogens with one attached hydrogen (secondary N) is 5. The summed E-state index contributed by atoms with van der Waals surface area (Å²) < 4.78 is 122. The van der Waals surface area contributed by atoms with Gasteiger partial charge < -0.3 is 63.3 Å². The molecule has 0 radical (unpaired) electrons. The largest absolute Gasteiger partial charge is 0.471 e. The number of halogens is 5. The molecule has 0 aliphatic carbocycles. The van der Waals surface area contributed by atoms with E-state index in [2.05, 4.69) is 20.8 Å². The second kappa shape index (κ2) is 43.0. The van der Waals surface area contributed by atoms with Gasteiger partial charge in [0.2, 0.25) is 0 Å². The van der Waals surface area contributed by atoms with Crippen molar-refractivity contribution in [2.45, 2.75) is 102 Å². The molecule has 0 spiro atoms. The van der Waals surface area contributed by atoms with Crippen LogP contribution in [0.15, 0.2) is 204 Å². The fourth-order valence-electron chi connectivity index (χ4n) is 9.18. The fraction of sp³-hybridized carbons (Fsp3) is 0.306. The van der Waals surface area contributed by atoms with Crippen molar-refractivity contribution in [3.63, 3.8) is 0 Å². The van der Waals surface area contributed by atoms with Crippen molar-refractivity contribution < 1.29 is 87.9 Å². The van der Waals surface area contributed by atoms with Crippen molar-refractivity contribution in [1.29, 1.82) is 0 Å². The van der Waals surface area contributed by atoms with E-state index in [1.807, 2.05) is 103 Å². The zero-order valence-electron chi connectivity index (χ0n) is 58.3. The van der Waals surface area contributed by atoms with E-state index in [4.69, 9.17) is 71.0 Å². The molecular weight excluding hydrogens is 1490 g/mol. The molecule has 1 aromatic heterocycles. The third-order valence-corrected chi connectivity index (χ3v) is 21.6. The molecule has 33 heteroatoms. The summed E-state index contributed by atoms with van der Waals surface area (Å²) >= 11 is 14.1. The Morgan fingerprint density at radius 1 is 0.543 bits per heavy atom. The fourth-order valence-corrected chi connectivity index (χ4v) is 16.3. The van der Waals surface area contributed by atoms with Crippen LogP contribution in [0, 0.1) is 0 Å². The predicted octanol–water partition coefficient (Wildman–Crippen LogP) is 15.8. The molecule has 564 valence electrons. The second-order valence-electron chi connectivity index (χ2n) is 23.0. The van der Waals surface area contributed by atoms with Crippen molar-refractivity contribution in [3.8, 4) is 23.0 Å². The van der Waals surface area contributed by atoms with Gasteiger partial charge >= 0.3 is 58.8 Å². The average molecular weight is 1570 g/mol. The monoisotopic (exact) mass is 1570 g/mol. The number of hydrogen-bond donors (Lipinski definition) is 6. The number of amides is 3. The number of primary amides is 1. The molecule has 0 bridgehead atoms. The van der Waals surface area contributed by atoms with Gasteiger partial charge in [0.05, 0.1) is 37.4 Å². The predicted molar refractivity (Wildman–Crippen MR) is 396 cm³/mol. The number of alkyl halides is 3. The number of ether oxygens (including phenoxy) is 4. The maximum Gasteiger partial charge on any atom is 0.471 e. The summed E-state index contributed by atoms with van der Waals surface area (Å²) in [6.07, 6.45) is -6.87. The zero-order valence-corrected chi connectivity index (χ0v) is 63.3. The first-order valence-corrected chi connectivity index (χ1v) is 39.9. The molecule has 105 heavy (non-hydrogen) atoms. The summed E-state index contributed by atoms with van der Waals surface area (Å²) in [5, 5.41) is 14.8. The van der Waals surface area contributed by atoms with Gasteiger partial charge in [-0.05, 0) is 117 Å². The highest BCUT2D eigenvalue weighted by molar-refractivity contribution is 7.99. The third kappa shape index (κ3) is 31.0. The van der Waals surface area contributed by atoms with E-state index in [1.165, 1.54) is 30.8 Å². The first kappa shape index (κ1) is 85.1. The Kier molecular flexibility index (Phi) is 34.8. The van der Waals surface area contributed by atoms with Crippen molar-refractivity contribution >= 4 is 87.6 Å². The highest BCUT2D eigenvalue weighted by atomic mass is 35.5. The van der Waals surface area contributed by atoms with Crippen molar-refractivity contribution in [2.24, 2.45) is 5.73 Å². The van der Waals surface area contributed by atoms with Gasteiger partial charge in [-0.15, -0.1) is 0 Å². The lowest BCUT2D eigenvalue weighted by atomic mass is 10.1.